The highest BCUT2D eigenvalue weighted by atomic mass is 127. The molecule has 1 aromatic heterocycles. The average Bonchev–Trinajstić information content (AvgIpc) is 2.44. The predicted molar refractivity (Wildman–Crippen MR) is 98.7 cm³/mol. The van der Waals surface area contributed by atoms with Crippen molar-refractivity contribution < 1.29 is 14.5 Å². The van der Waals surface area contributed by atoms with Gasteiger partial charge in [0.05, 0.1) is 11.0 Å². The van der Waals surface area contributed by atoms with Crippen molar-refractivity contribution in [3.63, 3.8) is 0 Å². The molecule has 1 aliphatic heterocycles. The molecule has 24 heavy (non-hydrogen) atoms. The van der Waals surface area contributed by atoms with Gasteiger partial charge in [0.2, 0.25) is 0 Å². The van der Waals surface area contributed by atoms with Crippen molar-refractivity contribution in [1.29, 1.82) is 0 Å². The van der Waals surface area contributed by atoms with Crippen LogP contribution in [0.5, 0.6) is 0 Å². The first-order valence-electron chi connectivity index (χ1n) is 7.62. The van der Waals surface area contributed by atoms with E-state index >= 15 is 0 Å². The number of alkyl halides is 1. The van der Waals surface area contributed by atoms with E-state index in [1.165, 1.54) is 12.4 Å². The van der Waals surface area contributed by atoms with Crippen LogP contribution < -0.4 is 10.2 Å². The second kappa shape index (κ2) is 7.49. The van der Waals surface area contributed by atoms with Gasteiger partial charge in [0.1, 0.15) is 17.5 Å². The highest BCUT2D eigenvalue weighted by molar-refractivity contribution is 14.1. The van der Waals surface area contributed by atoms with E-state index in [1.54, 1.807) is 26.8 Å². The summed E-state index contributed by atoms with van der Waals surface area (Å²) in [5.41, 5.74) is -0.0714. The summed E-state index contributed by atoms with van der Waals surface area (Å²) in [6, 6.07) is 1.50. The molecule has 1 aliphatic rings. The molecule has 8 nitrogen and oxygen atoms in total. The highest BCUT2D eigenvalue weighted by Crippen LogP contribution is 2.30. The third kappa shape index (κ3) is 5.18. The van der Waals surface area contributed by atoms with Gasteiger partial charge < -0.3 is 15.0 Å². The van der Waals surface area contributed by atoms with Crippen molar-refractivity contribution in [2.24, 2.45) is 0 Å². The molecule has 0 saturated carbocycles. The summed E-state index contributed by atoms with van der Waals surface area (Å²) in [4.78, 5) is 28.5. The number of nitrogens with zero attached hydrogens (tertiary/aromatic N) is 3. The molecule has 1 saturated heterocycles. The average molecular weight is 448 g/mol. The number of alkyl carbamates (subject to hydrolysis) is 1. The number of ether oxygens (including phenoxy) is 1. The molecule has 0 radical (unpaired) electrons. The van der Waals surface area contributed by atoms with Crippen LogP contribution in [0.4, 0.5) is 16.2 Å². The molecular weight excluding hydrogens is 427 g/mol. The Bertz CT molecular complexity index is 620. The van der Waals surface area contributed by atoms with Crippen LogP contribution in [-0.2, 0) is 4.74 Å². The predicted octanol–water partition coefficient (Wildman–Crippen LogP) is 2.90. The van der Waals surface area contributed by atoms with Crippen molar-refractivity contribution >= 4 is 40.1 Å². The van der Waals surface area contributed by atoms with Gasteiger partial charge in [0.15, 0.2) is 0 Å². The number of amides is 1. The minimum atomic E-state index is -0.563. The molecule has 132 valence electrons. The zero-order valence-electron chi connectivity index (χ0n) is 13.9. The quantitative estimate of drug-likeness (QED) is 0.331. The number of aromatic nitrogens is 1. The van der Waals surface area contributed by atoms with Crippen molar-refractivity contribution in [3.05, 3.63) is 28.6 Å². The second-order valence-electron chi connectivity index (χ2n) is 6.70. The van der Waals surface area contributed by atoms with Crippen LogP contribution in [0.25, 0.3) is 0 Å². The Morgan fingerprint density at radius 2 is 2.21 bits per heavy atom. The maximum atomic E-state index is 12.0. The van der Waals surface area contributed by atoms with E-state index in [2.05, 4.69) is 32.9 Å². The SMILES string of the molecule is CC(C)(C)OC(=O)N[C@H]1C[C@@H](I)CN(c2ccncc2[N+](=O)[O-])C1. The molecule has 1 aromatic rings. The molecule has 0 bridgehead atoms. The third-order valence-electron chi connectivity index (χ3n) is 3.44. The van der Waals surface area contributed by atoms with Crippen LogP contribution in [-0.4, -0.2) is 44.7 Å². The summed E-state index contributed by atoms with van der Waals surface area (Å²) in [7, 11) is 0. The Labute approximate surface area is 154 Å². The van der Waals surface area contributed by atoms with Gasteiger partial charge in [-0.25, -0.2) is 4.79 Å². The van der Waals surface area contributed by atoms with Crippen LogP contribution in [0.1, 0.15) is 27.2 Å². The van der Waals surface area contributed by atoms with E-state index in [4.69, 9.17) is 4.74 Å². The Hall–Kier alpha value is -1.65. The number of carbonyl (C=O) groups is 1. The van der Waals surface area contributed by atoms with Gasteiger partial charge in [-0.2, -0.15) is 0 Å². The smallest absolute Gasteiger partial charge is 0.407 e. The van der Waals surface area contributed by atoms with Gasteiger partial charge in [-0.1, -0.05) is 22.6 Å². The summed E-state index contributed by atoms with van der Waals surface area (Å²) in [6.07, 6.45) is 3.11. The zero-order valence-corrected chi connectivity index (χ0v) is 16.0. The topological polar surface area (TPSA) is 97.6 Å². The largest absolute Gasteiger partial charge is 0.444 e. The molecule has 0 unspecified atom stereocenters. The molecule has 2 heterocycles. The summed E-state index contributed by atoms with van der Waals surface area (Å²) >= 11 is 2.30. The molecule has 2 atom stereocenters. The first kappa shape index (κ1) is 18.7. The highest BCUT2D eigenvalue weighted by Gasteiger charge is 2.31. The van der Waals surface area contributed by atoms with Gasteiger partial charge in [-0.3, -0.25) is 15.1 Å². The fraction of sp³-hybridized carbons (Fsp3) is 0.600. The Morgan fingerprint density at radius 1 is 1.50 bits per heavy atom. The molecule has 0 aliphatic carbocycles. The maximum Gasteiger partial charge on any atom is 0.407 e. The van der Waals surface area contributed by atoms with Gasteiger partial charge in [0, 0.05) is 23.2 Å². The molecule has 0 spiro atoms. The minimum absolute atomic E-state index is 0.0287. The fourth-order valence-corrected chi connectivity index (χ4v) is 3.69. The van der Waals surface area contributed by atoms with Crippen LogP contribution >= 0.6 is 22.6 Å². The van der Waals surface area contributed by atoms with Crippen LogP contribution in [0.15, 0.2) is 18.5 Å². The number of anilines is 1. The number of hydrogen-bond donors (Lipinski definition) is 1. The van der Waals surface area contributed by atoms with Gasteiger partial charge >= 0.3 is 11.8 Å². The van der Waals surface area contributed by atoms with E-state index in [-0.39, 0.29) is 15.7 Å². The molecule has 1 amide bonds. The van der Waals surface area contributed by atoms with Crippen molar-refractivity contribution in [3.8, 4) is 0 Å². The number of carbonyl (C=O) groups excluding carboxylic acids is 1. The van der Waals surface area contributed by atoms with Gasteiger partial charge in [-0.15, -0.1) is 0 Å². The number of piperidine rings is 1. The molecule has 1 N–H and O–H groups in total. The van der Waals surface area contributed by atoms with E-state index in [0.717, 1.165) is 6.42 Å². The minimum Gasteiger partial charge on any atom is -0.444 e. The maximum absolute atomic E-state index is 12.0. The Balaban J connectivity index is 2.11. The third-order valence-corrected chi connectivity index (χ3v) is 4.34. The number of nitro groups is 1. The summed E-state index contributed by atoms with van der Waals surface area (Å²) in [6.45, 7) is 6.59. The first-order valence-corrected chi connectivity index (χ1v) is 8.87. The number of pyridine rings is 1. The molecule has 1 fully saturated rings. The van der Waals surface area contributed by atoms with Crippen LogP contribution in [0.3, 0.4) is 0 Å². The zero-order chi connectivity index (χ0) is 17.9. The number of nitrogens with one attached hydrogen (secondary N) is 1. The van der Waals surface area contributed by atoms with Gasteiger partial charge in [0.25, 0.3) is 0 Å². The number of hydrogen-bond acceptors (Lipinski definition) is 6. The van der Waals surface area contributed by atoms with E-state index in [0.29, 0.717) is 18.8 Å². The van der Waals surface area contributed by atoms with E-state index in [1.807, 2.05) is 4.90 Å². The summed E-state index contributed by atoms with van der Waals surface area (Å²) in [5, 5.41) is 14.1. The molecule has 2 rings (SSSR count). The van der Waals surface area contributed by atoms with Crippen molar-refractivity contribution in [1.82, 2.24) is 10.3 Å². The standard InChI is InChI=1S/C15H21IN4O4/c1-15(2,3)24-14(21)18-11-6-10(16)8-19(9-11)12-4-5-17-7-13(12)20(22)23/h4-5,7,10-11H,6,8-9H2,1-3H3,(H,18,21)/t10-,11+/m1/s1. The first-order chi connectivity index (χ1) is 11.2. The lowest BCUT2D eigenvalue weighted by atomic mass is 10.0. The lowest BCUT2D eigenvalue weighted by Crippen LogP contribution is -2.52. The lowest BCUT2D eigenvalue weighted by molar-refractivity contribution is -0.384. The number of rotatable bonds is 3. The van der Waals surface area contributed by atoms with Crippen LogP contribution in [0, 0.1) is 10.1 Å². The molecule has 0 aromatic carbocycles. The fourth-order valence-electron chi connectivity index (χ4n) is 2.60. The normalized spacial score (nSPS) is 21.2. The van der Waals surface area contributed by atoms with E-state index < -0.39 is 16.6 Å². The second-order valence-corrected chi connectivity index (χ2v) is 8.46. The summed E-state index contributed by atoms with van der Waals surface area (Å²) in [5.74, 6) is 0. The molecular formula is C15H21IN4O4. The van der Waals surface area contributed by atoms with E-state index in [9.17, 15) is 14.9 Å². The summed E-state index contributed by atoms with van der Waals surface area (Å²) < 4.78 is 5.54. The Kier molecular flexibility index (Phi) is 5.83. The van der Waals surface area contributed by atoms with Crippen molar-refractivity contribution in [2.75, 3.05) is 18.0 Å². The van der Waals surface area contributed by atoms with Crippen LogP contribution in [0.2, 0.25) is 0 Å². The van der Waals surface area contributed by atoms with Crippen molar-refractivity contribution in [2.45, 2.75) is 42.8 Å². The van der Waals surface area contributed by atoms with Gasteiger partial charge in [-0.05, 0) is 33.3 Å². The Morgan fingerprint density at radius 3 is 2.83 bits per heavy atom. The molecule has 9 heteroatoms. The monoisotopic (exact) mass is 448 g/mol. The number of halogens is 1. The lowest BCUT2D eigenvalue weighted by Gasteiger charge is -2.37.